The Balaban J connectivity index is -0.000000405. The van der Waals surface area contributed by atoms with Crippen molar-refractivity contribution in [2.24, 2.45) is 11.7 Å². The summed E-state index contributed by atoms with van der Waals surface area (Å²) in [6, 6.07) is 0. The van der Waals surface area contributed by atoms with Crippen LogP contribution in [0.4, 0.5) is 0 Å². The molecule has 0 saturated carbocycles. The maximum atomic E-state index is 5.80. The molecule has 0 aromatic heterocycles. The predicted molar refractivity (Wildman–Crippen MR) is 51.5 cm³/mol. The van der Waals surface area contributed by atoms with Gasteiger partial charge in [0.25, 0.3) is 0 Å². The molecule has 0 spiro atoms. The summed E-state index contributed by atoms with van der Waals surface area (Å²) in [5.74, 6) is 3.07. The first-order valence-electron chi connectivity index (χ1n) is 3.78. The summed E-state index contributed by atoms with van der Waals surface area (Å²) in [6.45, 7) is 8.60. The number of halogens is 1. The van der Waals surface area contributed by atoms with E-state index in [1.54, 1.807) is 0 Å². The summed E-state index contributed by atoms with van der Waals surface area (Å²) in [7, 11) is 0. The SMILES string of the molecule is CC(C)CSCC(C)(C)N.[Cl-].[H+]. The van der Waals surface area contributed by atoms with E-state index in [0.29, 0.717) is 0 Å². The van der Waals surface area contributed by atoms with Gasteiger partial charge in [0.05, 0.1) is 0 Å². The van der Waals surface area contributed by atoms with Gasteiger partial charge in [-0.2, -0.15) is 11.8 Å². The molecule has 0 aromatic carbocycles. The Labute approximate surface area is 82.4 Å². The minimum Gasteiger partial charge on any atom is -1.00 e. The van der Waals surface area contributed by atoms with E-state index in [-0.39, 0.29) is 19.4 Å². The fourth-order valence-electron chi connectivity index (χ4n) is 0.558. The molecular formula is C8H20ClNS. The van der Waals surface area contributed by atoms with Crippen LogP contribution in [0.5, 0.6) is 0 Å². The van der Waals surface area contributed by atoms with Gasteiger partial charge < -0.3 is 18.1 Å². The molecule has 2 N–H and O–H groups in total. The van der Waals surface area contributed by atoms with Crippen molar-refractivity contribution in [2.45, 2.75) is 33.2 Å². The average molecular weight is 198 g/mol. The highest BCUT2D eigenvalue weighted by molar-refractivity contribution is 7.99. The first kappa shape index (κ1) is 14.1. The zero-order valence-corrected chi connectivity index (χ0v) is 9.43. The number of nitrogens with two attached hydrogens (primary N) is 1. The van der Waals surface area contributed by atoms with Crippen LogP contribution in [0.15, 0.2) is 0 Å². The Morgan fingerprint density at radius 1 is 1.45 bits per heavy atom. The molecular weight excluding hydrogens is 178 g/mol. The van der Waals surface area contributed by atoms with Crippen molar-refractivity contribution in [2.75, 3.05) is 11.5 Å². The summed E-state index contributed by atoms with van der Waals surface area (Å²) in [5, 5.41) is 0. The monoisotopic (exact) mass is 197 g/mol. The van der Waals surface area contributed by atoms with Gasteiger partial charge in [-0.05, 0) is 25.5 Å². The molecule has 0 aromatic rings. The lowest BCUT2D eigenvalue weighted by molar-refractivity contribution is -0.00000310. The summed E-state index contributed by atoms with van der Waals surface area (Å²) >= 11 is 1.94. The van der Waals surface area contributed by atoms with Crippen LogP contribution in [0.25, 0.3) is 0 Å². The molecule has 1 nitrogen and oxygen atoms in total. The third-order valence-corrected chi connectivity index (χ3v) is 2.78. The summed E-state index contributed by atoms with van der Waals surface area (Å²) in [4.78, 5) is 0. The second-order valence-corrected chi connectivity index (χ2v) is 4.93. The van der Waals surface area contributed by atoms with E-state index in [1.165, 1.54) is 5.75 Å². The molecule has 0 fully saturated rings. The van der Waals surface area contributed by atoms with Crippen LogP contribution in [0.1, 0.15) is 29.1 Å². The Hall–Kier alpha value is 0.600. The second-order valence-electron chi connectivity index (χ2n) is 3.90. The topological polar surface area (TPSA) is 26.0 Å². The van der Waals surface area contributed by atoms with E-state index >= 15 is 0 Å². The third-order valence-electron chi connectivity index (χ3n) is 0.925. The van der Waals surface area contributed by atoms with E-state index in [1.807, 2.05) is 11.8 Å². The predicted octanol–water partition coefficient (Wildman–Crippen LogP) is -0.771. The molecule has 0 aliphatic rings. The Bertz CT molecular complexity index is 93.5. The van der Waals surface area contributed by atoms with Crippen molar-refractivity contribution in [3.63, 3.8) is 0 Å². The minimum atomic E-state index is -0.000440. The summed E-state index contributed by atoms with van der Waals surface area (Å²) < 4.78 is 0. The fourth-order valence-corrected chi connectivity index (χ4v) is 1.67. The van der Waals surface area contributed by atoms with E-state index in [4.69, 9.17) is 5.73 Å². The van der Waals surface area contributed by atoms with Gasteiger partial charge in [-0.1, -0.05) is 13.8 Å². The molecule has 70 valence electrons. The molecule has 0 unspecified atom stereocenters. The van der Waals surface area contributed by atoms with Crippen LogP contribution in [-0.2, 0) is 0 Å². The van der Waals surface area contributed by atoms with Crippen LogP contribution >= 0.6 is 11.8 Å². The van der Waals surface area contributed by atoms with Gasteiger partial charge in [-0.3, -0.25) is 0 Å². The molecule has 0 saturated heterocycles. The lowest BCUT2D eigenvalue weighted by Gasteiger charge is -2.17. The third kappa shape index (κ3) is 13.6. The minimum absolute atomic E-state index is 0. The molecule has 0 radical (unpaired) electrons. The zero-order chi connectivity index (χ0) is 8.20. The maximum Gasteiger partial charge on any atom is 1.00 e. The highest BCUT2D eigenvalue weighted by atomic mass is 35.5. The smallest absolute Gasteiger partial charge is 1.00 e. The molecule has 0 amide bonds. The van der Waals surface area contributed by atoms with E-state index in [0.717, 1.165) is 11.7 Å². The van der Waals surface area contributed by atoms with Gasteiger partial charge in [-0.15, -0.1) is 0 Å². The molecule has 0 aliphatic heterocycles. The zero-order valence-electron chi connectivity index (χ0n) is 8.86. The van der Waals surface area contributed by atoms with Gasteiger partial charge in [0.15, 0.2) is 0 Å². The van der Waals surface area contributed by atoms with Gasteiger partial charge in [0.1, 0.15) is 0 Å². The van der Waals surface area contributed by atoms with Crippen molar-refractivity contribution in [1.29, 1.82) is 0 Å². The van der Waals surface area contributed by atoms with Gasteiger partial charge in [0, 0.05) is 11.3 Å². The van der Waals surface area contributed by atoms with Crippen LogP contribution in [-0.4, -0.2) is 17.0 Å². The van der Waals surface area contributed by atoms with E-state index < -0.39 is 0 Å². The lowest BCUT2D eigenvalue weighted by Crippen LogP contribution is -3.00. The molecule has 3 heteroatoms. The number of rotatable bonds is 4. The van der Waals surface area contributed by atoms with Crippen molar-refractivity contribution in [1.82, 2.24) is 0 Å². The molecule has 0 atom stereocenters. The number of thioether (sulfide) groups is 1. The number of hydrogen-bond donors (Lipinski definition) is 1. The van der Waals surface area contributed by atoms with Crippen LogP contribution in [0, 0.1) is 5.92 Å². The molecule has 0 heterocycles. The summed E-state index contributed by atoms with van der Waals surface area (Å²) in [6.07, 6.45) is 0. The van der Waals surface area contributed by atoms with E-state index in [2.05, 4.69) is 27.7 Å². The molecule has 0 aliphatic carbocycles. The Morgan fingerprint density at radius 3 is 2.18 bits per heavy atom. The molecule has 11 heavy (non-hydrogen) atoms. The standard InChI is InChI=1S/C8H19NS.ClH/c1-7(2)5-10-6-8(3,4)9;/h7H,5-6,9H2,1-4H3;1H. The fraction of sp³-hybridized carbons (Fsp3) is 1.00. The largest absolute Gasteiger partial charge is 1.00 e. The highest BCUT2D eigenvalue weighted by Crippen LogP contribution is 2.12. The van der Waals surface area contributed by atoms with Gasteiger partial charge >= 0.3 is 1.43 Å². The second kappa shape index (κ2) is 6.15. The van der Waals surface area contributed by atoms with Crippen molar-refractivity contribution >= 4 is 11.8 Å². The van der Waals surface area contributed by atoms with Crippen LogP contribution in [0.3, 0.4) is 0 Å². The highest BCUT2D eigenvalue weighted by Gasteiger charge is 2.09. The maximum absolute atomic E-state index is 5.80. The first-order chi connectivity index (χ1) is 4.42. The normalized spacial score (nSPS) is 11.5. The Morgan fingerprint density at radius 2 is 1.91 bits per heavy atom. The van der Waals surface area contributed by atoms with Crippen molar-refractivity contribution in [3.05, 3.63) is 0 Å². The Kier molecular flexibility index (Phi) is 7.91. The summed E-state index contributed by atoms with van der Waals surface area (Å²) in [5.41, 5.74) is 5.80. The van der Waals surface area contributed by atoms with Gasteiger partial charge in [0.2, 0.25) is 0 Å². The van der Waals surface area contributed by atoms with Crippen LogP contribution < -0.4 is 18.1 Å². The average Bonchev–Trinajstić information content (AvgIpc) is 1.59. The van der Waals surface area contributed by atoms with Gasteiger partial charge in [-0.25, -0.2) is 0 Å². The number of hydrogen-bond acceptors (Lipinski definition) is 2. The van der Waals surface area contributed by atoms with Crippen LogP contribution in [0.2, 0.25) is 0 Å². The molecule has 0 rings (SSSR count). The lowest BCUT2D eigenvalue weighted by atomic mass is 10.1. The van der Waals surface area contributed by atoms with E-state index in [9.17, 15) is 0 Å². The molecule has 0 bridgehead atoms. The quantitative estimate of drug-likeness (QED) is 0.641. The first-order valence-corrected chi connectivity index (χ1v) is 4.94. The van der Waals surface area contributed by atoms with Crippen molar-refractivity contribution in [3.8, 4) is 0 Å². The van der Waals surface area contributed by atoms with Crippen molar-refractivity contribution < 1.29 is 13.8 Å².